The first-order chi connectivity index (χ1) is 13.4. The normalized spacial score (nSPS) is 18.1. The number of anilines is 1. The molecule has 1 aliphatic heterocycles. The number of benzene rings is 2. The molecule has 1 atom stereocenters. The van der Waals surface area contributed by atoms with E-state index in [0.717, 1.165) is 53.9 Å². The van der Waals surface area contributed by atoms with Crippen molar-refractivity contribution in [2.24, 2.45) is 10.7 Å². The highest BCUT2D eigenvalue weighted by atomic mass is 19.1. The Morgan fingerprint density at radius 2 is 2.11 bits per heavy atom. The Kier molecular flexibility index (Phi) is 6.15. The first kappa shape index (κ1) is 20.1. The van der Waals surface area contributed by atoms with Crippen LogP contribution in [0.5, 0.6) is 0 Å². The number of nitrogens with two attached hydrogens (primary N) is 1. The number of halogens is 1. The van der Waals surface area contributed by atoms with E-state index in [0.29, 0.717) is 17.4 Å². The van der Waals surface area contributed by atoms with Gasteiger partial charge in [0.2, 0.25) is 0 Å². The summed E-state index contributed by atoms with van der Waals surface area (Å²) in [5, 5.41) is 3.67. The van der Waals surface area contributed by atoms with E-state index < -0.39 is 0 Å². The molecule has 0 unspecified atom stereocenters. The van der Waals surface area contributed by atoms with E-state index >= 15 is 0 Å². The number of aliphatic imine (C=N–C) groups is 1. The average molecular weight is 381 g/mol. The molecule has 2 aromatic carbocycles. The fraction of sp³-hybridized carbons (Fsp3) is 0.348. The summed E-state index contributed by atoms with van der Waals surface area (Å²) in [6, 6.07) is 9.55. The first-order valence-electron chi connectivity index (χ1n) is 9.68. The van der Waals surface area contributed by atoms with Gasteiger partial charge in [0.1, 0.15) is 11.6 Å². The van der Waals surface area contributed by atoms with Crippen molar-refractivity contribution < 1.29 is 4.39 Å². The molecule has 2 aromatic rings. The molecular weight excluding hydrogens is 351 g/mol. The maximum atomic E-state index is 14.6. The van der Waals surface area contributed by atoms with Gasteiger partial charge in [-0.1, -0.05) is 18.2 Å². The molecule has 0 bridgehead atoms. The number of aryl methyl sites for hydroxylation is 2. The molecule has 3 N–H and O–H groups in total. The van der Waals surface area contributed by atoms with Gasteiger partial charge in [-0.25, -0.2) is 9.38 Å². The molecule has 0 radical (unpaired) electrons. The van der Waals surface area contributed by atoms with Crippen LogP contribution in [0.25, 0.3) is 17.2 Å². The molecule has 0 spiro atoms. The zero-order chi connectivity index (χ0) is 20.3. The van der Waals surface area contributed by atoms with E-state index in [9.17, 15) is 4.39 Å². The van der Waals surface area contributed by atoms with Gasteiger partial charge in [-0.05, 0) is 81.9 Å². The lowest BCUT2D eigenvalue weighted by Crippen LogP contribution is -2.39. The minimum Gasteiger partial charge on any atom is -0.384 e. The van der Waals surface area contributed by atoms with E-state index in [1.807, 2.05) is 38.1 Å². The Hall–Kier alpha value is -2.66. The molecule has 0 aromatic heterocycles. The molecular formula is C23H29FN4. The summed E-state index contributed by atoms with van der Waals surface area (Å²) < 4.78 is 14.6. The minimum absolute atomic E-state index is 0.210. The number of piperidine rings is 1. The van der Waals surface area contributed by atoms with Gasteiger partial charge >= 0.3 is 0 Å². The van der Waals surface area contributed by atoms with Crippen molar-refractivity contribution >= 4 is 18.5 Å². The number of nitrogens with zero attached hydrogens (tertiary/aromatic N) is 2. The predicted molar refractivity (Wildman–Crippen MR) is 117 cm³/mol. The standard InChI is InChI=1S/C23H29FN4/c1-15-7-5-9-20(24)23(15)17-11-16(2)19(13-22(25)26-3)21(12-17)27-18-8-6-10-28(4)14-18/h5,7,9,11-13,18,27H,3,6,8,10,14,25H2,1-2,4H3/b22-13-/t18-/m1/s1. The minimum atomic E-state index is -0.210. The van der Waals surface area contributed by atoms with Crippen LogP contribution in [0.1, 0.15) is 29.5 Å². The van der Waals surface area contributed by atoms with Gasteiger partial charge in [0.25, 0.3) is 0 Å². The lowest BCUT2D eigenvalue weighted by molar-refractivity contribution is 0.261. The van der Waals surface area contributed by atoms with Gasteiger partial charge in [0.05, 0.1) is 0 Å². The van der Waals surface area contributed by atoms with Crippen molar-refractivity contribution in [3.8, 4) is 11.1 Å². The van der Waals surface area contributed by atoms with Crippen LogP contribution >= 0.6 is 0 Å². The third-order valence-electron chi connectivity index (χ3n) is 5.36. The fourth-order valence-electron chi connectivity index (χ4n) is 3.95. The van der Waals surface area contributed by atoms with Crippen molar-refractivity contribution in [3.63, 3.8) is 0 Å². The van der Waals surface area contributed by atoms with Crippen LogP contribution < -0.4 is 11.1 Å². The highest BCUT2D eigenvalue weighted by molar-refractivity contribution is 5.80. The van der Waals surface area contributed by atoms with Crippen LogP contribution in [0.15, 0.2) is 41.1 Å². The Labute approximate surface area is 167 Å². The largest absolute Gasteiger partial charge is 0.384 e. The summed E-state index contributed by atoms with van der Waals surface area (Å²) in [5.74, 6) is 0.153. The quantitative estimate of drug-likeness (QED) is 0.747. The third kappa shape index (κ3) is 4.42. The first-order valence-corrected chi connectivity index (χ1v) is 9.68. The summed E-state index contributed by atoms with van der Waals surface area (Å²) in [7, 11) is 2.14. The monoisotopic (exact) mass is 380 g/mol. The summed E-state index contributed by atoms with van der Waals surface area (Å²) in [5.41, 5.74) is 11.3. The molecule has 1 fully saturated rings. The van der Waals surface area contributed by atoms with Crippen molar-refractivity contribution in [2.45, 2.75) is 32.7 Å². The molecule has 1 saturated heterocycles. The van der Waals surface area contributed by atoms with E-state index in [1.165, 1.54) is 6.07 Å². The van der Waals surface area contributed by atoms with E-state index in [4.69, 9.17) is 5.73 Å². The zero-order valence-corrected chi connectivity index (χ0v) is 16.9. The molecule has 0 saturated carbocycles. The Bertz CT molecular complexity index is 883. The van der Waals surface area contributed by atoms with Crippen LogP contribution in [0.2, 0.25) is 0 Å². The summed E-state index contributed by atoms with van der Waals surface area (Å²) in [4.78, 5) is 6.15. The molecule has 3 rings (SSSR count). The van der Waals surface area contributed by atoms with Crippen LogP contribution in [-0.4, -0.2) is 37.8 Å². The summed E-state index contributed by atoms with van der Waals surface area (Å²) in [6.45, 7) is 9.55. The number of rotatable bonds is 5. The van der Waals surface area contributed by atoms with Crippen molar-refractivity contribution in [1.29, 1.82) is 0 Å². The van der Waals surface area contributed by atoms with E-state index in [-0.39, 0.29) is 5.82 Å². The summed E-state index contributed by atoms with van der Waals surface area (Å²) in [6.07, 6.45) is 4.08. The van der Waals surface area contributed by atoms with Crippen molar-refractivity contribution in [2.75, 3.05) is 25.5 Å². The number of likely N-dealkylation sites (N-methyl/N-ethyl adjacent to an activating group) is 1. The highest BCUT2D eigenvalue weighted by Gasteiger charge is 2.19. The van der Waals surface area contributed by atoms with Crippen molar-refractivity contribution in [1.82, 2.24) is 4.90 Å². The average Bonchev–Trinajstić information content (AvgIpc) is 2.64. The molecule has 1 heterocycles. The smallest absolute Gasteiger partial charge is 0.131 e. The van der Waals surface area contributed by atoms with Crippen LogP contribution in [0, 0.1) is 19.7 Å². The fourth-order valence-corrected chi connectivity index (χ4v) is 3.95. The number of hydrogen-bond donors (Lipinski definition) is 2. The Balaban J connectivity index is 2.10. The van der Waals surface area contributed by atoms with E-state index in [2.05, 4.69) is 29.0 Å². The van der Waals surface area contributed by atoms with E-state index in [1.54, 1.807) is 6.07 Å². The van der Waals surface area contributed by atoms with Crippen LogP contribution in [0.4, 0.5) is 10.1 Å². The topological polar surface area (TPSA) is 53.6 Å². The van der Waals surface area contributed by atoms with Gasteiger partial charge in [0.15, 0.2) is 0 Å². The Morgan fingerprint density at radius 3 is 2.79 bits per heavy atom. The molecule has 148 valence electrons. The second kappa shape index (κ2) is 8.57. The Morgan fingerprint density at radius 1 is 1.32 bits per heavy atom. The molecule has 4 nitrogen and oxygen atoms in total. The third-order valence-corrected chi connectivity index (χ3v) is 5.36. The van der Waals surface area contributed by atoms with Gasteiger partial charge in [-0.3, -0.25) is 0 Å². The molecule has 1 aliphatic rings. The van der Waals surface area contributed by atoms with Gasteiger partial charge < -0.3 is 16.0 Å². The number of likely N-dealkylation sites (tertiary alicyclic amines) is 1. The SMILES string of the molecule is C=N/C(N)=C\c1c(C)cc(-c2c(C)cccc2F)cc1N[C@@H]1CCCN(C)C1. The van der Waals surface area contributed by atoms with Crippen LogP contribution in [0.3, 0.4) is 0 Å². The number of nitrogens with one attached hydrogen (secondary N) is 1. The summed E-state index contributed by atoms with van der Waals surface area (Å²) >= 11 is 0. The van der Waals surface area contributed by atoms with Crippen LogP contribution in [-0.2, 0) is 0 Å². The molecule has 0 aliphatic carbocycles. The van der Waals surface area contributed by atoms with Crippen molar-refractivity contribution in [3.05, 3.63) is 58.7 Å². The second-order valence-electron chi connectivity index (χ2n) is 7.66. The highest BCUT2D eigenvalue weighted by Crippen LogP contribution is 2.34. The molecule has 5 heteroatoms. The van der Waals surface area contributed by atoms with Gasteiger partial charge in [-0.2, -0.15) is 0 Å². The number of hydrogen-bond acceptors (Lipinski definition) is 4. The second-order valence-corrected chi connectivity index (χ2v) is 7.66. The molecule has 28 heavy (non-hydrogen) atoms. The van der Waals surface area contributed by atoms with Gasteiger partial charge in [0, 0.05) is 29.4 Å². The lowest BCUT2D eigenvalue weighted by atomic mass is 9.94. The van der Waals surface area contributed by atoms with Gasteiger partial charge in [-0.15, -0.1) is 0 Å². The lowest BCUT2D eigenvalue weighted by Gasteiger charge is -2.31. The zero-order valence-electron chi connectivity index (χ0n) is 16.9. The molecule has 0 amide bonds. The predicted octanol–water partition coefficient (Wildman–Crippen LogP) is 4.57. The maximum absolute atomic E-state index is 14.6. The maximum Gasteiger partial charge on any atom is 0.131 e.